The lowest BCUT2D eigenvalue weighted by Crippen LogP contribution is -2.32. The van der Waals surface area contributed by atoms with Crippen LogP contribution >= 0.6 is 0 Å². The molecule has 5 nitrogen and oxygen atoms in total. The van der Waals surface area contributed by atoms with Crippen LogP contribution in [0.15, 0.2) is 36.4 Å². The Morgan fingerprint density at radius 3 is 2.29 bits per heavy atom. The summed E-state index contributed by atoms with van der Waals surface area (Å²) in [5.41, 5.74) is 3.87. The van der Waals surface area contributed by atoms with Crippen molar-refractivity contribution < 1.29 is 14.3 Å². The first-order chi connectivity index (χ1) is 13.4. The number of carbonyl (C=O) groups excluding carboxylic acids is 1. The number of carbonyl (C=O) groups is 1. The molecule has 0 unspecified atom stereocenters. The van der Waals surface area contributed by atoms with Gasteiger partial charge < -0.3 is 20.1 Å². The van der Waals surface area contributed by atoms with E-state index in [4.69, 9.17) is 9.47 Å². The third-order valence-electron chi connectivity index (χ3n) is 4.28. The Kier molecular flexibility index (Phi) is 8.18. The zero-order valence-electron chi connectivity index (χ0n) is 17.6. The fourth-order valence-corrected chi connectivity index (χ4v) is 2.76. The molecule has 5 heteroatoms. The number of benzene rings is 2. The van der Waals surface area contributed by atoms with Crippen LogP contribution in [0.1, 0.15) is 44.7 Å². The fourth-order valence-electron chi connectivity index (χ4n) is 2.76. The summed E-state index contributed by atoms with van der Waals surface area (Å²) >= 11 is 0. The molecule has 0 radical (unpaired) electrons. The maximum atomic E-state index is 12.6. The predicted molar refractivity (Wildman–Crippen MR) is 116 cm³/mol. The van der Waals surface area contributed by atoms with Crippen molar-refractivity contribution in [2.45, 2.75) is 53.5 Å². The highest BCUT2D eigenvalue weighted by molar-refractivity contribution is 5.96. The molecule has 1 atom stereocenters. The van der Waals surface area contributed by atoms with Gasteiger partial charge in [-0.1, -0.05) is 31.5 Å². The van der Waals surface area contributed by atoms with Crippen LogP contribution in [0.3, 0.4) is 0 Å². The molecule has 0 aromatic heterocycles. The van der Waals surface area contributed by atoms with E-state index in [1.165, 1.54) is 5.56 Å². The van der Waals surface area contributed by atoms with Gasteiger partial charge >= 0.3 is 0 Å². The van der Waals surface area contributed by atoms with Gasteiger partial charge in [-0.3, -0.25) is 4.79 Å². The summed E-state index contributed by atoms with van der Waals surface area (Å²) in [4.78, 5) is 12.6. The van der Waals surface area contributed by atoms with Crippen molar-refractivity contribution in [1.29, 1.82) is 0 Å². The van der Waals surface area contributed by atoms with Crippen molar-refractivity contribution in [2.75, 3.05) is 23.8 Å². The van der Waals surface area contributed by atoms with Gasteiger partial charge in [-0.25, -0.2) is 0 Å². The molecule has 0 aliphatic heterocycles. The van der Waals surface area contributed by atoms with Gasteiger partial charge in [0, 0.05) is 17.4 Å². The Balaban J connectivity index is 2.06. The first-order valence-corrected chi connectivity index (χ1v) is 9.98. The molecule has 2 N–H and O–H groups in total. The topological polar surface area (TPSA) is 59.6 Å². The number of nitrogens with one attached hydrogen (secondary N) is 2. The molecule has 28 heavy (non-hydrogen) atoms. The van der Waals surface area contributed by atoms with Crippen molar-refractivity contribution >= 4 is 17.3 Å². The Hall–Kier alpha value is -2.69. The van der Waals surface area contributed by atoms with Gasteiger partial charge in [0.25, 0.3) is 0 Å². The van der Waals surface area contributed by atoms with Crippen LogP contribution < -0.4 is 20.1 Å². The molecular weight excluding hydrogens is 352 g/mol. The highest BCUT2D eigenvalue weighted by Gasteiger charge is 2.15. The van der Waals surface area contributed by atoms with Crippen molar-refractivity contribution in [2.24, 2.45) is 0 Å². The Labute approximate surface area is 168 Å². The third-order valence-corrected chi connectivity index (χ3v) is 4.28. The smallest absolute Gasteiger partial charge is 0.246 e. The molecule has 2 rings (SSSR count). The van der Waals surface area contributed by atoms with E-state index in [9.17, 15) is 4.79 Å². The molecule has 152 valence electrons. The van der Waals surface area contributed by atoms with E-state index < -0.39 is 6.04 Å². The lowest BCUT2D eigenvalue weighted by Gasteiger charge is -2.18. The van der Waals surface area contributed by atoms with E-state index in [0.29, 0.717) is 19.0 Å². The molecular formula is C23H32N2O3. The molecule has 0 aliphatic rings. The summed E-state index contributed by atoms with van der Waals surface area (Å²) in [6.45, 7) is 11.3. The van der Waals surface area contributed by atoms with Gasteiger partial charge in [-0.05, 0) is 57.4 Å². The Bertz CT molecular complexity index is 789. The van der Waals surface area contributed by atoms with E-state index >= 15 is 0 Å². The minimum absolute atomic E-state index is 0.0886. The molecule has 0 aliphatic carbocycles. The quantitative estimate of drug-likeness (QED) is 0.582. The number of aryl methyl sites for hydroxylation is 2. The number of rotatable bonds is 10. The molecule has 0 saturated heterocycles. The van der Waals surface area contributed by atoms with E-state index in [1.807, 2.05) is 51.1 Å². The maximum Gasteiger partial charge on any atom is 0.246 e. The van der Waals surface area contributed by atoms with Crippen molar-refractivity contribution in [3.8, 4) is 11.5 Å². The first-order valence-electron chi connectivity index (χ1n) is 9.98. The lowest BCUT2D eigenvalue weighted by molar-refractivity contribution is -0.116. The number of hydrogen-bond donors (Lipinski definition) is 2. The van der Waals surface area contributed by atoms with Gasteiger partial charge in [-0.2, -0.15) is 0 Å². The van der Waals surface area contributed by atoms with Gasteiger partial charge in [0.15, 0.2) is 11.5 Å². The summed E-state index contributed by atoms with van der Waals surface area (Å²) in [6, 6.07) is 11.3. The highest BCUT2D eigenvalue weighted by Crippen LogP contribution is 2.31. The zero-order valence-corrected chi connectivity index (χ0v) is 17.6. The highest BCUT2D eigenvalue weighted by atomic mass is 16.5. The van der Waals surface area contributed by atoms with Crippen molar-refractivity contribution in [1.82, 2.24) is 0 Å². The van der Waals surface area contributed by atoms with Gasteiger partial charge in [0.2, 0.25) is 5.91 Å². The van der Waals surface area contributed by atoms with Crippen LogP contribution in [-0.2, 0) is 4.79 Å². The van der Waals surface area contributed by atoms with Gasteiger partial charge in [0.05, 0.1) is 13.2 Å². The predicted octanol–water partition coefficient (Wildman–Crippen LogP) is 5.32. The molecule has 0 spiro atoms. The summed E-state index contributed by atoms with van der Waals surface area (Å²) < 4.78 is 11.6. The monoisotopic (exact) mass is 384 g/mol. The number of amides is 1. The Morgan fingerprint density at radius 2 is 1.64 bits per heavy atom. The van der Waals surface area contributed by atoms with Gasteiger partial charge in [0.1, 0.15) is 6.04 Å². The van der Waals surface area contributed by atoms with E-state index in [1.54, 1.807) is 0 Å². The lowest BCUT2D eigenvalue weighted by atomic mass is 10.1. The fraction of sp³-hybridized carbons (Fsp3) is 0.435. The van der Waals surface area contributed by atoms with Crippen LogP contribution in [0.4, 0.5) is 11.4 Å². The average molecular weight is 385 g/mol. The van der Waals surface area contributed by atoms with Gasteiger partial charge in [-0.15, -0.1) is 0 Å². The summed E-state index contributed by atoms with van der Waals surface area (Å²) in [5, 5.41) is 6.23. The summed E-state index contributed by atoms with van der Waals surface area (Å²) in [6.07, 6.45) is 1.85. The third kappa shape index (κ3) is 6.19. The minimum atomic E-state index is -0.401. The van der Waals surface area contributed by atoms with Crippen LogP contribution in [0.25, 0.3) is 0 Å². The number of hydrogen-bond acceptors (Lipinski definition) is 4. The molecule has 0 saturated carbocycles. The van der Waals surface area contributed by atoms with Crippen molar-refractivity contribution in [3.05, 3.63) is 47.5 Å². The largest absolute Gasteiger partial charge is 0.490 e. The van der Waals surface area contributed by atoms with Crippen molar-refractivity contribution in [3.63, 3.8) is 0 Å². The molecule has 0 bridgehead atoms. The van der Waals surface area contributed by atoms with E-state index in [0.717, 1.165) is 35.5 Å². The number of anilines is 2. The second-order valence-corrected chi connectivity index (χ2v) is 7.03. The second-order valence-electron chi connectivity index (χ2n) is 7.03. The maximum absolute atomic E-state index is 12.6. The minimum Gasteiger partial charge on any atom is -0.490 e. The van der Waals surface area contributed by atoms with E-state index in [2.05, 4.69) is 30.5 Å². The Morgan fingerprint density at radius 1 is 0.964 bits per heavy atom. The molecule has 2 aromatic carbocycles. The number of ether oxygens (including phenoxy) is 2. The van der Waals surface area contributed by atoms with E-state index in [-0.39, 0.29) is 5.91 Å². The first kappa shape index (κ1) is 21.6. The standard InChI is InChI=1S/C23H32N2O3/c1-6-12-27-21-11-9-19(15-22(21)28-13-7-2)24-18(5)23(26)25-20-10-8-16(3)14-17(20)4/h8-11,14-15,18,24H,6-7,12-13H2,1-5H3,(H,25,26)/t18-/m0/s1. The molecule has 0 fully saturated rings. The summed E-state index contributed by atoms with van der Waals surface area (Å²) in [5.74, 6) is 1.34. The zero-order chi connectivity index (χ0) is 20.5. The molecule has 2 aromatic rings. The van der Waals surface area contributed by atoms with Crippen LogP contribution in [0.2, 0.25) is 0 Å². The SMILES string of the molecule is CCCOc1ccc(N[C@@H](C)C(=O)Nc2ccc(C)cc2C)cc1OCCC. The molecule has 0 heterocycles. The second kappa shape index (κ2) is 10.6. The molecule has 1 amide bonds. The average Bonchev–Trinajstić information content (AvgIpc) is 2.67. The van der Waals surface area contributed by atoms with Crippen LogP contribution in [-0.4, -0.2) is 25.2 Å². The summed E-state index contributed by atoms with van der Waals surface area (Å²) in [7, 11) is 0. The normalized spacial score (nSPS) is 11.6. The van der Waals surface area contributed by atoms with Crippen LogP contribution in [0, 0.1) is 13.8 Å². The van der Waals surface area contributed by atoms with Crippen LogP contribution in [0.5, 0.6) is 11.5 Å².